The van der Waals surface area contributed by atoms with Crippen molar-refractivity contribution in [1.29, 1.82) is 0 Å². The van der Waals surface area contributed by atoms with E-state index in [9.17, 15) is 14.7 Å². The van der Waals surface area contributed by atoms with Crippen LogP contribution in [-0.4, -0.2) is 47.6 Å². The zero-order chi connectivity index (χ0) is 12.8. The lowest BCUT2D eigenvalue weighted by Gasteiger charge is -2.46. The predicted molar refractivity (Wildman–Crippen MR) is 65.0 cm³/mol. The molecule has 0 radical (unpaired) electrons. The van der Waals surface area contributed by atoms with Crippen LogP contribution in [0.4, 0.5) is 0 Å². The highest BCUT2D eigenvalue weighted by Gasteiger charge is 2.52. The molecule has 1 unspecified atom stereocenters. The van der Waals surface area contributed by atoms with Crippen molar-refractivity contribution in [2.75, 3.05) is 19.6 Å². The van der Waals surface area contributed by atoms with Gasteiger partial charge in [-0.25, -0.2) is 0 Å². The number of nitrogens with one attached hydrogen (secondary N) is 1. The van der Waals surface area contributed by atoms with Gasteiger partial charge in [-0.1, -0.05) is 6.42 Å². The van der Waals surface area contributed by atoms with Crippen molar-refractivity contribution >= 4 is 11.9 Å². The van der Waals surface area contributed by atoms with Crippen LogP contribution in [0.2, 0.25) is 0 Å². The summed E-state index contributed by atoms with van der Waals surface area (Å²) in [5.41, 5.74) is -1.12. The second kappa shape index (κ2) is 4.23. The zero-order valence-corrected chi connectivity index (χ0v) is 10.5. The van der Waals surface area contributed by atoms with Crippen LogP contribution in [0.1, 0.15) is 32.1 Å². The number of hydrogen-bond acceptors (Lipinski definition) is 3. The van der Waals surface area contributed by atoms with Crippen molar-refractivity contribution in [1.82, 2.24) is 10.2 Å². The normalized spacial score (nSPS) is 36.8. The van der Waals surface area contributed by atoms with Gasteiger partial charge in [-0.2, -0.15) is 0 Å². The molecule has 0 aromatic carbocycles. The van der Waals surface area contributed by atoms with Crippen LogP contribution in [0.25, 0.3) is 0 Å². The van der Waals surface area contributed by atoms with E-state index in [4.69, 9.17) is 0 Å². The lowest BCUT2D eigenvalue weighted by molar-refractivity contribution is -0.162. The molecule has 4 aliphatic rings. The highest BCUT2D eigenvalue weighted by Crippen LogP contribution is 2.42. The minimum Gasteiger partial charge on any atom is -0.480 e. The summed E-state index contributed by atoms with van der Waals surface area (Å²) < 4.78 is 0. The minimum absolute atomic E-state index is 0.164. The van der Waals surface area contributed by atoms with Gasteiger partial charge in [0.05, 0.1) is 0 Å². The van der Waals surface area contributed by atoms with E-state index >= 15 is 0 Å². The van der Waals surface area contributed by atoms with Crippen LogP contribution in [0.5, 0.6) is 0 Å². The Labute approximate surface area is 107 Å². The molecule has 5 heteroatoms. The molecule has 1 atom stereocenters. The third-order valence-corrected chi connectivity index (χ3v) is 5.02. The molecule has 1 saturated carbocycles. The molecule has 4 rings (SSSR count). The first-order chi connectivity index (χ1) is 8.62. The number of carbonyl (C=O) groups is 2. The Morgan fingerprint density at radius 3 is 2.28 bits per heavy atom. The van der Waals surface area contributed by atoms with Gasteiger partial charge in [0, 0.05) is 12.6 Å². The van der Waals surface area contributed by atoms with Crippen LogP contribution in [-0.2, 0) is 9.59 Å². The number of carbonyl (C=O) groups excluding carboxylic acids is 1. The standard InChI is InChI=1S/C13H20N2O3/c16-11(13(12(17)18)4-1-5-13)14-10-8-15-6-2-9(10)3-7-15/h9-10H,1-8H2,(H,14,16)(H,17,18). The van der Waals surface area contributed by atoms with E-state index in [-0.39, 0.29) is 11.9 Å². The fourth-order valence-corrected chi connectivity index (χ4v) is 3.50. The highest BCUT2D eigenvalue weighted by atomic mass is 16.4. The van der Waals surface area contributed by atoms with E-state index in [1.165, 1.54) is 0 Å². The highest BCUT2D eigenvalue weighted by molar-refractivity contribution is 6.02. The molecule has 5 nitrogen and oxygen atoms in total. The second-order valence-corrected chi connectivity index (χ2v) is 5.96. The topological polar surface area (TPSA) is 69.6 Å². The van der Waals surface area contributed by atoms with Crippen molar-refractivity contribution in [3.8, 4) is 0 Å². The Bertz CT molecular complexity index is 370. The van der Waals surface area contributed by atoms with E-state index in [1.54, 1.807) is 0 Å². The Kier molecular flexibility index (Phi) is 2.81. The summed E-state index contributed by atoms with van der Waals surface area (Å²) in [7, 11) is 0. The van der Waals surface area contributed by atoms with Gasteiger partial charge in [0.2, 0.25) is 5.91 Å². The molecule has 3 aliphatic heterocycles. The van der Waals surface area contributed by atoms with Gasteiger partial charge >= 0.3 is 5.97 Å². The Hall–Kier alpha value is -1.10. The molecule has 0 aromatic heterocycles. The lowest BCUT2D eigenvalue weighted by atomic mass is 9.67. The van der Waals surface area contributed by atoms with Crippen molar-refractivity contribution in [2.24, 2.45) is 11.3 Å². The van der Waals surface area contributed by atoms with Gasteiger partial charge in [0.15, 0.2) is 0 Å². The smallest absolute Gasteiger partial charge is 0.319 e. The number of piperidine rings is 3. The fourth-order valence-electron chi connectivity index (χ4n) is 3.50. The monoisotopic (exact) mass is 252 g/mol. The number of aliphatic carboxylic acids is 1. The molecule has 0 aromatic rings. The maximum atomic E-state index is 12.2. The number of amides is 1. The van der Waals surface area contributed by atoms with Gasteiger partial charge in [-0.15, -0.1) is 0 Å². The van der Waals surface area contributed by atoms with Crippen LogP contribution in [0, 0.1) is 11.3 Å². The molecule has 2 N–H and O–H groups in total. The molecule has 0 spiro atoms. The molecular formula is C13H20N2O3. The molecule has 2 bridgehead atoms. The summed E-state index contributed by atoms with van der Waals surface area (Å²) in [6.07, 6.45) is 4.10. The maximum absolute atomic E-state index is 12.2. The van der Waals surface area contributed by atoms with Crippen molar-refractivity contribution in [3.05, 3.63) is 0 Å². The molecular weight excluding hydrogens is 232 g/mol. The zero-order valence-electron chi connectivity index (χ0n) is 10.5. The first-order valence-electron chi connectivity index (χ1n) is 6.88. The van der Waals surface area contributed by atoms with Gasteiger partial charge in [0.1, 0.15) is 5.41 Å². The third kappa shape index (κ3) is 1.72. The van der Waals surface area contributed by atoms with Gasteiger partial charge in [0.25, 0.3) is 0 Å². The summed E-state index contributed by atoms with van der Waals surface area (Å²) in [5, 5.41) is 12.3. The average Bonchev–Trinajstić information content (AvgIpc) is 2.28. The summed E-state index contributed by atoms with van der Waals surface area (Å²) in [5.74, 6) is -0.655. The number of rotatable bonds is 3. The minimum atomic E-state index is -1.12. The Morgan fingerprint density at radius 1 is 1.22 bits per heavy atom. The first kappa shape index (κ1) is 12.0. The molecule has 3 heterocycles. The number of fused-ring (bicyclic) bond motifs is 3. The molecule has 1 amide bonds. The molecule has 4 fully saturated rings. The largest absolute Gasteiger partial charge is 0.480 e. The number of hydrogen-bond donors (Lipinski definition) is 2. The van der Waals surface area contributed by atoms with Gasteiger partial charge in [-0.3, -0.25) is 9.59 Å². The SMILES string of the molecule is O=C(O)C1(C(=O)NC2CN3CCC2CC3)CCC1. The van der Waals surface area contributed by atoms with E-state index < -0.39 is 11.4 Å². The second-order valence-electron chi connectivity index (χ2n) is 5.96. The van der Waals surface area contributed by atoms with E-state index in [1.807, 2.05) is 0 Å². The van der Waals surface area contributed by atoms with E-state index in [2.05, 4.69) is 10.2 Å². The van der Waals surface area contributed by atoms with Crippen LogP contribution in [0.3, 0.4) is 0 Å². The first-order valence-corrected chi connectivity index (χ1v) is 6.88. The Morgan fingerprint density at radius 2 is 1.89 bits per heavy atom. The van der Waals surface area contributed by atoms with Crippen LogP contribution < -0.4 is 5.32 Å². The average molecular weight is 252 g/mol. The van der Waals surface area contributed by atoms with Gasteiger partial charge in [-0.05, 0) is 44.7 Å². The number of carboxylic acids is 1. The summed E-state index contributed by atoms with van der Waals surface area (Å²) >= 11 is 0. The van der Waals surface area contributed by atoms with Crippen molar-refractivity contribution < 1.29 is 14.7 Å². The summed E-state index contributed by atoms with van der Waals surface area (Å²) in [6.45, 7) is 3.15. The quantitative estimate of drug-likeness (QED) is 0.716. The molecule has 100 valence electrons. The molecule has 3 saturated heterocycles. The molecule has 1 aliphatic carbocycles. The van der Waals surface area contributed by atoms with E-state index in [0.717, 1.165) is 38.9 Å². The number of nitrogens with zero attached hydrogens (tertiary/aromatic N) is 1. The van der Waals surface area contributed by atoms with E-state index in [0.29, 0.717) is 18.8 Å². The van der Waals surface area contributed by atoms with Gasteiger partial charge < -0.3 is 15.3 Å². The summed E-state index contributed by atoms with van der Waals surface area (Å²) in [6, 6.07) is 0.164. The van der Waals surface area contributed by atoms with Crippen LogP contribution >= 0.6 is 0 Å². The maximum Gasteiger partial charge on any atom is 0.319 e. The third-order valence-electron chi connectivity index (χ3n) is 5.02. The lowest BCUT2D eigenvalue weighted by Crippen LogP contribution is -2.61. The van der Waals surface area contributed by atoms with Crippen LogP contribution in [0.15, 0.2) is 0 Å². The molecule has 18 heavy (non-hydrogen) atoms. The van der Waals surface area contributed by atoms with Crippen molar-refractivity contribution in [3.63, 3.8) is 0 Å². The van der Waals surface area contributed by atoms with Crippen molar-refractivity contribution in [2.45, 2.75) is 38.1 Å². The predicted octanol–water partition coefficient (Wildman–Crippen LogP) is 0.452. The number of carboxylic acid groups (broad SMARTS) is 1. The summed E-state index contributed by atoms with van der Waals surface area (Å²) in [4.78, 5) is 25.9. The Balaban J connectivity index is 1.66. The fraction of sp³-hybridized carbons (Fsp3) is 0.846.